The van der Waals surface area contributed by atoms with Gasteiger partial charge in [-0.05, 0) is 0 Å². The van der Waals surface area contributed by atoms with Crippen molar-refractivity contribution in [3.05, 3.63) is 66.1 Å². The van der Waals surface area contributed by atoms with Crippen molar-refractivity contribution in [1.29, 1.82) is 0 Å². The van der Waals surface area contributed by atoms with Crippen LogP contribution in [-0.4, -0.2) is 15.4 Å². The Morgan fingerprint density at radius 2 is 1.92 bits per heavy atom. The molecule has 0 aliphatic rings. The molecule has 0 N–H and O–H groups in total. The summed E-state index contributed by atoms with van der Waals surface area (Å²) in [7, 11) is 0. The van der Waals surface area contributed by atoms with Gasteiger partial charge in [-0.1, -0.05) is 0 Å². The summed E-state index contributed by atoms with van der Waals surface area (Å²) in [5.41, 5.74) is 0. The van der Waals surface area contributed by atoms with Gasteiger partial charge in [-0.25, -0.2) is 0 Å². The molecule has 0 nitrogen and oxygen atoms in total. The van der Waals surface area contributed by atoms with Crippen molar-refractivity contribution in [2.75, 3.05) is 0 Å². The van der Waals surface area contributed by atoms with Gasteiger partial charge in [-0.15, -0.1) is 0 Å². The molecule has 0 saturated carbocycles. The predicted octanol–water partition coefficient (Wildman–Crippen LogP) is 1.74. The Balaban J connectivity index is 2.55. The van der Waals surface area contributed by atoms with E-state index in [4.69, 9.17) is 0 Å². The van der Waals surface area contributed by atoms with Gasteiger partial charge < -0.3 is 0 Å². The third-order valence-electron chi connectivity index (χ3n) is 1.74. The first-order chi connectivity index (χ1) is 6.33. The monoisotopic (exact) mass is 232 g/mol. The molecule has 1 aromatic carbocycles. The van der Waals surface area contributed by atoms with Gasteiger partial charge in [0.25, 0.3) is 0 Å². The molecular formula is C12H14Ge. The third-order valence-corrected chi connectivity index (χ3v) is 5.03. The van der Waals surface area contributed by atoms with Crippen molar-refractivity contribution in [3.8, 4) is 0 Å². The Hall–Kier alpha value is -1.02. The third kappa shape index (κ3) is 3.95. The van der Waals surface area contributed by atoms with E-state index in [9.17, 15) is 0 Å². The molecule has 1 heteroatoms. The summed E-state index contributed by atoms with van der Waals surface area (Å²) in [5, 5.41) is 0. The summed E-state index contributed by atoms with van der Waals surface area (Å²) in [6, 6.07) is 10.6. The Labute approximate surface area is 86.1 Å². The van der Waals surface area contributed by atoms with Gasteiger partial charge >= 0.3 is 86.0 Å². The van der Waals surface area contributed by atoms with Crippen LogP contribution < -0.4 is 4.40 Å². The molecule has 0 radical (unpaired) electrons. The van der Waals surface area contributed by atoms with Crippen LogP contribution in [0.25, 0.3) is 0 Å². The van der Waals surface area contributed by atoms with Gasteiger partial charge in [0.2, 0.25) is 0 Å². The van der Waals surface area contributed by atoms with Crippen molar-refractivity contribution < 1.29 is 0 Å². The van der Waals surface area contributed by atoms with E-state index in [1.807, 2.05) is 12.1 Å². The molecule has 0 amide bonds. The summed E-state index contributed by atoms with van der Waals surface area (Å²) in [5.74, 6) is 0. The van der Waals surface area contributed by atoms with Gasteiger partial charge in [0.15, 0.2) is 0 Å². The fourth-order valence-electron chi connectivity index (χ4n) is 1.12. The molecule has 0 aliphatic carbocycles. The van der Waals surface area contributed by atoms with Crippen LogP contribution in [0.4, 0.5) is 0 Å². The van der Waals surface area contributed by atoms with E-state index in [1.165, 1.54) is 8.80 Å². The fraction of sp³-hybridized carbons (Fsp3) is 0. The van der Waals surface area contributed by atoms with Gasteiger partial charge in [0, 0.05) is 0 Å². The molecule has 0 aromatic heterocycles. The molecular weight excluding hydrogens is 217 g/mol. The molecule has 0 atom stereocenters. The summed E-state index contributed by atoms with van der Waals surface area (Å²) < 4.78 is 2.77. The van der Waals surface area contributed by atoms with Crippen LogP contribution in [0.2, 0.25) is 0 Å². The average molecular weight is 231 g/mol. The standard InChI is InChI=1S/C12H14Ge/c1-3-4-8-11(2)13-12-9-6-5-7-10-12/h3-10H,1-2,13H2/b8-4-. The molecule has 0 saturated heterocycles. The van der Waals surface area contributed by atoms with Crippen molar-refractivity contribution in [2.45, 2.75) is 0 Å². The molecule has 0 unspecified atom stereocenters. The van der Waals surface area contributed by atoms with Crippen LogP contribution in [0, 0.1) is 0 Å². The van der Waals surface area contributed by atoms with Crippen LogP contribution in [0.5, 0.6) is 0 Å². The molecule has 0 spiro atoms. The van der Waals surface area contributed by atoms with E-state index >= 15 is 0 Å². The Kier molecular flexibility index (Phi) is 4.33. The van der Waals surface area contributed by atoms with Crippen LogP contribution in [-0.2, 0) is 0 Å². The fourth-order valence-corrected chi connectivity index (χ4v) is 3.82. The predicted molar refractivity (Wildman–Crippen MR) is 63.1 cm³/mol. The number of hydrogen-bond acceptors (Lipinski definition) is 0. The maximum atomic E-state index is 4.04. The molecule has 0 fully saturated rings. The normalized spacial score (nSPS) is 11.1. The molecule has 0 bridgehead atoms. The zero-order chi connectivity index (χ0) is 9.52. The van der Waals surface area contributed by atoms with Crippen molar-refractivity contribution in [3.63, 3.8) is 0 Å². The molecule has 0 aliphatic heterocycles. The molecule has 66 valence electrons. The Bertz CT molecular complexity index is 309. The molecule has 1 rings (SSSR count). The summed E-state index contributed by atoms with van der Waals surface area (Å²) >= 11 is -0.772. The summed E-state index contributed by atoms with van der Waals surface area (Å²) in [6.07, 6.45) is 5.81. The van der Waals surface area contributed by atoms with E-state index in [1.54, 1.807) is 6.08 Å². The van der Waals surface area contributed by atoms with Crippen LogP contribution in [0.1, 0.15) is 0 Å². The molecule has 0 heterocycles. The maximum absolute atomic E-state index is 4.04. The van der Waals surface area contributed by atoms with Gasteiger partial charge in [-0.3, -0.25) is 0 Å². The van der Waals surface area contributed by atoms with E-state index in [0.717, 1.165) is 0 Å². The molecule has 13 heavy (non-hydrogen) atoms. The second-order valence-electron chi connectivity index (χ2n) is 2.92. The van der Waals surface area contributed by atoms with Crippen molar-refractivity contribution >= 4 is 19.8 Å². The quantitative estimate of drug-likeness (QED) is 0.546. The minimum absolute atomic E-state index is 0.772. The van der Waals surface area contributed by atoms with Gasteiger partial charge in [0.05, 0.1) is 0 Å². The van der Waals surface area contributed by atoms with Crippen LogP contribution in [0.15, 0.2) is 66.1 Å². The van der Waals surface area contributed by atoms with E-state index in [-0.39, 0.29) is 0 Å². The van der Waals surface area contributed by atoms with E-state index < -0.39 is 15.4 Å². The second-order valence-corrected chi connectivity index (χ2v) is 7.28. The first kappa shape index (κ1) is 10.1. The zero-order valence-corrected chi connectivity index (χ0v) is 10.7. The average Bonchev–Trinajstić information content (AvgIpc) is 2.16. The SMILES string of the molecule is C=C/C=C\[C](=C)[GeH2][c]1ccccc1. The van der Waals surface area contributed by atoms with Crippen LogP contribution in [0.3, 0.4) is 0 Å². The first-order valence-corrected chi connectivity index (χ1v) is 7.30. The first-order valence-electron chi connectivity index (χ1n) is 4.33. The zero-order valence-electron chi connectivity index (χ0n) is 7.74. The number of rotatable bonds is 4. The van der Waals surface area contributed by atoms with E-state index in [2.05, 4.69) is 43.5 Å². The number of allylic oxidation sites excluding steroid dienone is 4. The van der Waals surface area contributed by atoms with Crippen molar-refractivity contribution in [2.24, 2.45) is 0 Å². The molecule has 1 aromatic rings. The minimum atomic E-state index is -0.772. The second kappa shape index (κ2) is 5.60. The summed E-state index contributed by atoms with van der Waals surface area (Å²) in [4.78, 5) is 0. The van der Waals surface area contributed by atoms with E-state index in [0.29, 0.717) is 0 Å². The van der Waals surface area contributed by atoms with Gasteiger partial charge in [-0.2, -0.15) is 0 Å². The summed E-state index contributed by atoms with van der Waals surface area (Å²) in [6.45, 7) is 7.67. The van der Waals surface area contributed by atoms with Crippen LogP contribution >= 0.6 is 0 Å². The topological polar surface area (TPSA) is 0 Å². The number of hydrogen-bond donors (Lipinski definition) is 0. The van der Waals surface area contributed by atoms with Gasteiger partial charge in [0.1, 0.15) is 0 Å². The number of benzene rings is 1. The Morgan fingerprint density at radius 3 is 2.54 bits per heavy atom. The van der Waals surface area contributed by atoms with Crippen molar-refractivity contribution in [1.82, 2.24) is 0 Å². The Morgan fingerprint density at radius 1 is 1.23 bits per heavy atom.